The van der Waals surface area contributed by atoms with Crippen molar-refractivity contribution in [3.05, 3.63) is 29.3 Å². The largest absolute Gasteiger partial charge is 0.492 e. The molecule has 0 spiro atoms. The first-order valence-corrected chi connectivity index (χ1v) is 7.57. The number of carbonyl (C=O) groups excluding carboxylic acids is 1. The lowest BCUT2D eigenvalue weighted by Gasteiger charge is -2.29. The minimum absolute atomic E-state index is 0.0428. The zero-order valence-corrected chi connectivity index (χ0v) is 12.7. The summed E-state index contributed by atoms with van der Waals surface area (Å²) in [4.78, 5) is 13.7. The Morgan fingerprint density at radius 2 is 2.38 bits per heavy atom. The van der Waals surface area contributed by atoms with Crippen molar-refractivity contribution in [2.24, 2.45) is 0 Å². The van der Waals surface area contributed by atoms with Crippen molar-refractivity contribution >= 4 is 17.5 Å². The number of carbonyl (C=O) groups is 1. The molecule has 0 saturated carbocycles. The van der Waals surface area contributed by atoms with E-state index in [1.54, 1.807) is 12.1 Å². The van der Waals surface area contributed by atoms with Crippen LogP contribution in [0.4, 0.5) is 0 Å². The van der Waals surface area contributed by atoms with Crippen LogP contribution in [0.5, 0.6) is 5.75 Å². The summed E-state index contributed by atoms with van der Waals surface area (Å²) in [6.07, 6.45) is 1.45. The van der Waals surface area contributed by atoms with Crippen molar-refractivity contribution in [2.45, 2.75) is 18.9 Å². The van der Waals surface area contributed by atoms with Crippen molar-refractivity contribution in [2.75, 3.05) is 32.8 Å². The van der Waals surface area contributed by atoms with Gasteiger partial charge in [0.05, 0.1) is 19.2 Å². The molecule has 1 atom stereocenters. The predicted octanol–water partition coefficient (Wildman–Crippen LogP) is 1.29. The van der Waals surface area contributed by atoms with Gasteiger partial charge in [0.1, 0.15) is 12.4 Å². The molecule has 21 heavy (non-hydrogen) atoms. The van der Waals surface area contributed by atoms with Crippen molar-refractivity contribution in [1.82, 2.24) is 10.2 Å². The van der Waals surface area contributed by atoms with Gasteiger partial charge in [0.2, 0.25) is 5.91 Å². The number of aliphatic hydroxyl groups is 1. The predicted molar refractivity (Wildman–Crippen MR) is 81.6 cm³/mol. The molecule has 2 rings (SSSR count). The summed E-state index contributed by atoms with van der Waals surface area (Å²) in [6, 6.07) is 7.16. The van der Waals surface area contributed by atoms with Crippen LogP contribution in [-0.2, 0) is 4.79 Å². The van der Waals surface area contributed by atoms with Gasteiger partial charge < -0.3 is 15.2 Å². The van der Waals surface area contributed by atoms with Crippen molar-refractivity contribution in [3.8, 4) is 5.75 Å². The Balaban J connectivity index is 1.61. The van der Waals surface area contributed by atoms with Crippen molar-refractivity contribution in [1.29, 1.82) is 0 Å². The maximum Gasteiger partial charge on any atom is 0.234 e. The first-order valence-electron chi connectivity index (χ1n) is 7.19. The Kier molecular flexibility index (Phi) is 6.29. The van der Waals surface area contributed by atoms with Gasteiger partial charge in [0, 0.05) is 11.6 Å². The SMILES string of the molecule is O=C(CN1CCCC(O)C1)NCCOc1cccc(Cl)c1. The van der Waals surface area contributed by atoms with Crippen LogP contribution in [-0.4, -0.2) is 54.8 Å². The number of ether oxygens (including phenoxy) is 1. The molecule has 5 nitrogen and oxygen atoms in total. The Bertz CT molecular complexity index is 470. The Hall–Kier alpha value is -1.30. The quantitative estimate of drug-likeness (QED) is 0.777. The Morgan fingerprint density at radius 1 is 1.52 bits per heavy atom. The van der Waals surface area contributed by atoms with E-state index in [4.69, 9.17) is 16.3 Å². The topological polar surface area (TPSA) is 61.8 Å². The zero-order valence-electron chi connectivity index (χ0n) is 11.9. The normalized spacial score (nSPS) is 19.2. The highest BCUT2D eigenvalue weighted by molar-refractivity contribution is 6.30. The molecule has 6 heteroatoms. The standard InChI is InChI=1S/C15H21ClN2O3/c16-12-3-1-5-14(9-12)21-8-6-17-15(20)11-18-7-2-4-13(19)10-18/h1,3,5,9,13,19H,2,4,6-8,10-11H2,(H,17,20). The molecule has 2 N–H and O–H groups in total. The lowest BCUT2D eigenvalue weighted by Crippen LogP contribution is -2.44. The molecule has 1 fully saturated rings. The van der Waals surface area contributed by atoms with Crippen LogP contribution in [0.25, 0.3) is 0 Å². The molecule has 1 amide bonds. The number of aliphatic hydroxyl groups excluding tert-OH is 1. The number of nitrogens with zero attached hydrogens (tertiary/aromatic N) is 1. The lowest BCUT2D eigenvalue weighted by molar-refractivity contribution is -0.123. The number of piperidine rings is 1. The van der Waals surface area contributed by atoms with Gasteiger partial charge >= 0.3 is 0 Å². The molecule has 1 unspecified atom stereocenters. The molecule has 1 aromatic rings. The second-order valence-corrected chi connectivity index (χ2v) is 5.62. The number of rotatable bonds is 6. The number of hydrogen-bond acceptors (Lipinski definition) is 4. The summed E-state index contributed by atoms with van der Waals surface area (Å²) < 4.78 is 5.49. The maximum absolute atomic E-state index is 11.8. The Morgan fingerprint density at radius 3 is 3.14 bits per heavy atom. The van der Waals surface area contributed by atoms with E-state index in [1.165, 1.54) is 0 Å². The third-order valence-electron chi connectivity index (χ3n) is 3.34. The van der Waals surface area contributed by atoms with Gasteiger partial charge in [-0.05, 0) is 37.6 Å². The summed E-state index contributed by atoms with van der Waals surface area (Å²) in [5.74, 6) is 0.648. The molecule has 1 aliphatic rings. The number of nitrogens with one attached hydrogen (secondary N) is 1. The zero-order chi connectivity index (χ0) is 15.1. The number of β-amino-alcohol motifs (C(OH)–C–C–N with tert-alkyl or cyclic N) is 1. The summed E-state index contributed by atoms with van der Waals surface area (Å²) >= 11 is 5.85. The van der Waals surface area contributed by atoms with Crippen molar-refractivity contribution < 1.29 is 14.6 Å². The number of hydrogen-bond donors (Lipinski definition) is 2. The summed E-state index contributed by atoms with van der Waals surface area (Å²) in [5.41, 5.74) is 0. The third-order valence-corrected chi connectivity index (χ3v) is 3.57. The summed E-state index contributed by atoms with van der Waals surface area (Å²) in [7, 11) is 0. The molecule has 0 aliphatic carbocycles. The van der Waals surface area contributed by atoms with E-state index in [-0.39, 0.29) is 12.0 Å². The van der Waals surface area contributed by atoms with Crippen LogP contribution in [0, 0.1) is 0 Å². The average molecular weight is 313 g/mol. The van der Waals surface area contributed by atoms with Crippen LogP contribution < -0.4 is 10.1 Å². The van der Waals surface area contributed by atoms with Gasteiger partial charge in [-0.1, -0.05) is 17.7 Å². The first kappa shape index (κ1) is 16.1. The lowest BCUT2D eigenvalue weighted by atomic mass is 10.1. The molecule has 1 heterocycles. The molecule has 0 bridgehead atoms. The smallest absolute Gasteiger partial charge is 0.234 e. The minimum atomic E-state index is -0.308. The van der Waals surface area contributed by atoms with Gasteiger partial charge in [0.15, 0.2) is 0 Å². The molecule has 0 aromatic heterocycles. The van der Waals surface area contributed by atoms with E-state index in [1.807, 2.05) is 17.0 Å². The molecule has 0 radical (unpaired) electrons. The highest BCUT2D eigenvalue weighted by atomic mass is 35.5. The monoisotopic (exact) mass is 312 g/mol. The van der Waals surface area contributed by atoms with Crippen LogP contribution in [0.1, 0.15) is 12.8 Å². The highest BCUT2D eigenvalue weighted by Gasteiger charge is 2.19. The summed E-state index contributed by atoms with van der Waals surface area (Å²) in [6.45, 7) is 2.61. The van der Waals surface area contributed by atoms with E-state index in [9.17, 15) is 9.90 Å². The minimum Gasteiger partial charge on any atom is -0.492 e. The first-order chi connectivity index (χ1) is 10.1. The second kappa shape index (κ2) is 8.22. The molecule has 116 valence electrons. The molecular formula is C15H21ClN2O3. The highest BCUT2D eigenvalue weighted by Crippen LogP contribution is 2.16. The van der Waals surface area contributed by atoms with E-state index < -0.39 is 0 Å². The number of amides is 1. The van der Waals surface area contributed by atoms with Crippen LogP contribution in [0.15, 0.2) is 24.3 Å². The molecule has 1 aliphatic heterocycles. The molecule has 1 saturated heterocycles. The number of halogens is 1. The average Bonchev–Trinajstić information content (AvgIpc) is 2.44. The fourth-order valence-electron chi connectivity index (χ4n) is 2.35. The maximum atomic E-state index is 11.8. The summed E-state index contributed by atoms with van der Waals surface area (Å²) in [5, 5.41) is 13.0. The van der Waals surface area contributed by atoms with Crippen LogP contribution in [0.2, 0.25) is 5.02 Å². The van der Waals surface area contributed by atoms with Gasteiger partial charge in [-0.25, -0.2) is 0 Å². The second-order valence-electron chi connectivity index (χ2n) is 5.19. The van der Waals surface area contributed by atoms with E-state index in [2.05, 4.69) is 5.32 Å². The van der Waals surface area contributed by atoms with E-state index in [0.29, 0.717) is 37.0 Å². The van der Waals surface area contributed by atoms with Gasteiger partial charge in [-0.2, -0.15) is 0 Å². The van der Waals surface area contributed by atoms with Crippen LogP contribution >= 0.6 is 11.6 Å². The fraction of sp³-hybridized carbons (Fsp3) is 0.533. The van der Waals surface area contributed by atoms with Crippen LogP contribution in [0.3, 0.4) is 0 Å². The fourth-order valence-corrected chi connectivity index (χ4v) is 2.53. The van der Waals surface area contributed by atoms with Gasteiger partial charge in [-0.15, -0.1) is 0 Å². The number of likely N-dealkylation sites (tertiary alicyclic amines) is 1. The Labute approximate surface area is 129 Å². The number of benzene rings is 1. The van der Waals surface area contributed by atoms with Gasteiger partial charge in [-0.3, -0.25) is 9.69 Å². The molecule has 1 aromatic carbocycles. The van der Waals surface area contributed by atoms with Crippen molar-refractivity contribution in [3.63, 3.8) is 0 Å². The third kappa shape index (κ3) is 5.91. The van der Waals surface area contributed by atoms with E-state index >= 15 is 0 Å². The van der Waals surface area contributed by atoms with E-state index in [0.717, 1.165) is 19.4 Å². The van der Waals surface area contributed by atoms with Gasteiger partial charge in [0.25, 0.3) is 0 Å². The molecular weight excluding hydrogens is 292 g/mol.